The summed E-state index contributed by atoms with van der Waals surface area (Å²) in [6.45, 7) is 0. The zero-order valence-corrected chi connectivity index (χ0v) is 11.9. The van der Waals surface area contributed by atoms with Crippen molar-refractivity contribution >= 4 is 23.1 Å². The predicted octanol–water partition coefficient (Wildman–Crippen LogP) is 1.20. The lowest BCUT2D eigenvalue weighted by Crippen LogP contribution is -2.38. The molecule has 2 aliphatic rings. The Morgan fingerprint density at radius 3 is 2.81 bits per heavy atom. The summed E-state index contributed by atoms with van der Waals surface area (Å²) in [4.78, 5) is 25.4. The van der Waals surface area contributed by atoms with E-state index in [1.54, 1.807) is 6.08 Å². The molecule has 108 valence electrons. The second kappa shape index (κ2) is 4.77. The number of fused-ring (bicyclic) bond motifs is 2. The highest BCUT2D eigenvalue weighted by molar-refractivity contribution is 6.10. The molecular weight excluding hydrogens is 268 g/mol. The number of carbonyl (C=O) groups is 2. The van der Waals surface area contributed by atoms with Crippen LogP contribution in [0.15, 0.2) is 35.9 Å². The molecule has 0 aromatic heterocycles. The molecule has 1 aromatic carbocycles. The number of carboxylic acid groups (broad SMARTS) is 1. The van der Waals surface area contributed by atoms with Gasteiger partial charge in [0.15, 0.2) is 5.78 Å². The molecule has 1 aliphatic heterocycles. The topological polar surface area (TPSA) is 69.6 Å². The molecule has 0 saturated carbocycles. The number of rotatable bonds is 2. The van der Waals surface area contributed by atoms with E-state index in [1.807, 2.05) is 37.2 Å². The van der Waals surface area contributed by atoms with Crippen LogP contribution >= 0.6 is 0 Å². The largest absolute Gasteiger partial charge is 0.479 e. The van der Waals surface area contributed by atoms with Gasteiger partial charge < -0.3 is 15.3 Å². The number of dihydropyridines is 1. The van der Waals surface area contributed by atoms with Gasteiger partial charge in [-0.15, -0.1) is 0 Å². The van der Waals surface area contributed by atoms with Crippen molar-refractivity contribution in [1.29, 1.82) is 0 Å². The second-order valence-corrected chi connectivity index (χ2v) is 5.44. The van der Waals surface area contributed by atoms with Gasteiger partial charge in [0.1, 0.15) is 6.04 Å². The van der Waals surface area contributed by atoms with Crippen LogP contribution in [0.25, 0.3) is 5.70 Å². The number of ketones is 1. The SMILES string of the molecule is CN(C)c1ccc2c(c1)CC(=O)C1=C2NC(C(=O)O)C=C1. The average molecular weight is 284 g/mol. The maximum Gasteiger partial charge on any atom is 0.330 e. The Morgan fingerprint density at radius 1 is 1.38 bits per heavy atom. The fourth-order valence-electron chi connectivity index (χ4n) is 2.67. The van der Waals surface area contributed by atoms with Crippen molar-refractivity contribution in [1.82, 2.24) is 5.32 Å². The Balaban J connectivity index is 2.08. The number of hydrogen-bond acceptors (Lipinski definition) is 4. The van der Waals surface area contributed by atoms with Crippen LogP contribution in [0, 0.1) is 0 Å². The number of anilines is 1. The summed E-state index contributed by atoms with van der Waals surface area (Å²) >= 11 is 0. The van der Waals surface area contributed by atoms with E-state index >= 15 is 0 Å². The molecule has 0 radical (unpaired) electrons. The normalized spacial score (nSPS) is 19.7. The highest BCUT2D eigenvalue weighted by Gasteiger charge is 2.30. The van der Waals surface area contributed by atoms with E-state index in [0.29, 0.717) is 17.7 Å². The van der Waals surface area contributed by atoms with Crippen molar-refractivity contribution in [2.75, 3.05) is 19.0 Å². The number of nitrogens with zero attached hydrogens (tertiary/aromatic N) is 1. The van der Waals surface area contributed by atoms with Crippen molar-refractivity contribution in [2.45, 2.75) is 12.5 Å². The molecule has 1 atom stereocenters. The Morgan fingerprint density at radius 2 is 2.14 bits per heavy atom. The standard InChI is InChI=1S/C16H16N2O3/c1-18(2)10-3-4-11-9(7-10)8-14(19)12-5-6-13(16(20)21)17-15(11)12/h3-7,13,17H,8H2,1-2H3,(H,20,21). The minimum atomic E-state index is -0.956. The van der Waals surface area contributed by atoms with Gasteiger partial charge in [0.05, 0.1) is 5.70 Å². The molecule has 21 heavy (non-hydrogen) atoms. The van der Waals surface area contributed by atoms with Crippen molar-refractivity contribution in [2.24, 2.45) is 0 Å². The first-order valence-corrected chi connectivity index (χ1v) is 6.73. The molecule has 0 saturated heterocycles. The number of carboxylic acids is 1. The molecular formula is C16H16N2O3. The first kappa shape index (κ1) is 13.4. The predicted molar refractivity (Wildman–Crippen MR) is 80.1 cm³/mol. The first-order chi connectivity index (χ1) is 9.97. The summed E-state index contributed by atoms with van der Waals surface area (Å²) in [5.41, 5.74) is 4.05. The number of Topliss-reactive ketones (excluding diaryl/α,β-unsaturated/α-hetero) is 1. The number of benzene rings is 1. The van der Waals surface area contributed by atoms with Gasteiger partial charge in [-0.1, -0.05) is 18.2 Å². The van der Waals surface area contributed by atoms with Crippen LogP contribution < -0.4 is 10.2 Å². The fraction of sp³-hybridized carbons (Fsp3) is 0.250. The van der Waals surface area contributed by atoms with Gasteiger partial charge in [0.2, 0.25) is 0 Å². The van der Waals surface area contributed by atoms with Crippen molar-refractivity contribution < 1.29 is 14.7 Å². The van der Waals surface area contributed by atoms with E-state index in [2.05, 4.69) is 5.32 Å². The van der Waals surface area contributed by atoms with Gasteiger partial charge in [-0.05, 0) is 17.7 Å². The van der Waals surface area contributed by atoms with Gasteiger partial charge in [-0.3, -0.25) is 4.79 Å². The molecule has 1 aromatic rings. The Bertz CT molecular complexity index is 701. The highest BCUT2D eigenvalue weighted by Crippen LogP contribution is 2.33. The summed E-state index contributed by atoms with van der Waals surface area (Å²) in [5, 5.41) is 12.1. The van der Waals surface area contributed by atoms with Gasteiger partial charge >= 0.3 is 5.97 Å². The zero-order valence-electron chi connectivity index (χ0n) is 11.9. The van der Waals surface area contributed by atoms with Crippen molar-refractivity contribution in [3.05, 3.63) is 47.1 Å². The maximum absolute atomic E-state index is 12.2. The number of hydrogen-bond donors (Lipinski definition) is 2. The number of aliphatic carboxylic acids is 1. The minimum absolute atomic E-state index is 0.0148. The fourth-order valence-corrected chi connectivity index (χ4v) is 2.67. The molecule has 0 spiro atoms. The van der Waals surface area contributed by atoms with Crippen LogP contribution in [0.5, 0.6) is 0 Å². The van der Waals surface area contributed by atoms with Gasteiger partial charge in [0.25, 0.3) is 0 Å². The third-order valence-electron chi connectivity index (χ3n) is 3.82. The van der Waals surface area contributed by atoms with E-state index in [0.717, 1.165) is 16.8 Å². The lowest BCUT2D eigenvalue weighted by atomic mass is 9.85. The van der Waals surface area contributed by atoms with Crippen LogP contribution in [0.1, 0.15) is 11.1 Å². The minimum Gasteiger partial charge on any atom is -0.479 e. The van der Waals surface area contributed by atoms with Gasteiger partial charge in [-0.25, -0.2) is 4.79 Å². The van der Waals surface area contributed by atoms with Gasteiger partial charge in [-0.2, -0.15) is 0 Å². The molecule has 0 bridgehead atoms. The number of carbonyl (C=O) groups excluding carboxylic acids is 1. The van der Waals surface area contributed by atoms with Crippen molar-refractivity contribution in [3.63, 3.8) is 0 Å². The molecule has 1 aliphatic carbocycles. The number of allylic oxidation sites excluding steroid dienone is 2. The average Bonchev–Trinajstić information content (AvgIpc) is 2.46. The Kier molecular flexibility index (Phi) is 3.05. The van der Waals surface area contributed by atoms with Crippen LogP contribution in [-0.2, 0) is 16.0 Å². The molecule has 5 nitrogen and oxygen atoms in total. The second-order valence-electron chi connectivity index (χ2n) is 5.44. The summed E-state index contributed by atoms with van der Waals surface area (Å²) in [6, 6.07) is 5.09. The molecule has 5 heteroatoms. The summed E-state index contributed by atoms with van der Waals surface area (Å²) in [7, 11) is 3.89. The summed E-state index contributed by atoms with van der Waals surface area (Å²) in [5.74, 6) is -0.941. The van der Waals surface area contributed by atoms with Crippen LogP contribution in [0.4, 0.5) is 5.69 Å². The molecule has 0 amide bonds. The zero-order chi connectivity index (χ0) is 15.1. The van der Waals surface area contributed by atoms with E-state index in [4.69, 9.17) is 5.11 Å². The number of nitrogens with one attached hydrogen (secondary N) is 1. The Hall–Kier alpha value is -2.56. The lowest BCUT2D eigenvalue weighted by molar-refractivity contribution is -0.137. The van der Waals surface area contributed by atoms with Crippen LogP contribution in [-0.4, -0.2) is 37.0 Å². The van der Waals surface area contributed by atoms with Crippen LogP contribution in [0.2, 0.25) is 0 Å². The van der Waals surface area contributed by atoms with E-state index in [-0.39, 0.29) is 5.78 Å². The van der Waals surface area contributed by atoms with E-state index < -0.39 is 12.0 Å². The summed E-state index contributed by atoms with van der Waals surface area (Å²) < 4.78 is 0. The van der Waals surface area contributed by atoms with E-state index in [9.17, 15) is 9.59 Å². The molecule has 2 N–H and O–H groups in total. The first-order valence-electron chi connectivity index (χ1n) is 6.73. The lowest BCUT2D eigenvalue weighted by Gasteiger charge is -2.28. The highest BCUT2D eigenvalue weighted by atomic mass is 16.4. The molecule has 1 heterocycles. The van der Waals surface area contributed by atoms with E-state index in [1.165, 1.54) is 6.08 Å². The summed E-state index contributed by atoms with van der Waals surface area (Å²) in [6.07, 6.45) is 3.48. The molecule has 0 fully saturated rings. The quantitative estimate of drug-likeness (QED) is 0.854. The third-order valence-corrected chi connectivity index (χ3v) is 3.82. The third kappa shape index (κ3) is 2.20. The van der Waals surface area contributed by atoms with Crippen molar-refractivity contribution in [3.8, 4) is 0 Å². The monoisotopic (exact) mass is 284 g/mol. The van der Waals surface area contributed by atoms with Crippen LogP contribution in [0.3, 0.4) is 0 Å². The molecule has 3 rings (SSSR count). The maximum atomic E-state index is 12.2. The smallest absolute Gasteiger partial charge is 0.330 e. The Labute approximate surface area is 122 Å². The molecule has 1 unspecified atom stereocenters. The van der Waals surface area contributed by atoms with Gasteiger partial charge in [0, 0.05) is 37.3 Å².